The Labute approximate surface area is 260 Å². The number of ether oxygens (including phenoxy) is 2. The van der Waals surface area contributed by atoms with Crippen LogP contribution in [0.3, 0.4) is 0 Å². The molecule has 0 unspecified atom stereocenters. The number of amides is 2. The predicted octanol–water partition coefficient (Wildman–Crippen LogP) is 4.32. The summed E-state index contributed by atoms with van der Waals surface area (Å²) in [5.41, 5.74) is 0.873. The molecule has 1 aliphatic rings. The van der Waals surface area contributed by atoms with Crippen LogP contribution in [-0.2, 0) is 32.6 Å². The lowest BCUT2D eigenvalue weighted by Crippen LogP contribution is -2.53. The third-order valence-electron chi connectivity index (χ3n) is 7.31. The quantitative estimate of drug-likeness (QED) is 0.263. The first-order valence-corrected chi connectivity index (χ1v) is 15.6. The van der Waals surface area contributed by atoms with E-state index in [4.69, 9.17) is 9.47 Å². The Balaban J connectivity index is 1.57. The van der Waals surface area contributed by atoms with Crippen molar-refractivity contribution in [2.45, 2.75) is 23.9 Å². The van der Waals surface area contributed by atoms with Crippen molar-refractivity contribution in [3.05, 3.63) is 120 Å². The maximum atomic E-state index is 14.9. The second-order valence-electron chi connectivity index (χ2n) is 10.2. The minimum absolute atomic E-state index is 0.00466. The van der Waals surface area contributed by atoms with Gasteiger partial charge in [-0.15, -0.1) is 0 Å². The number of fused-ring (bicyclic) bond motifs is 1. The molecule has 0 radical (unpaired) electrons. The van der Waals surface area contributed by atoms with Gasteiger partial charge in [0.1, 0.15) is 37.4 Å². The summed E-state index contributed by atoms with van der Waals surface area (Å²) in [6.45, 7) is -0.566. The number of carbonyl (C=O) groups is 2. The highest BCUT2D eigenvalue weighted by Crippen LogP contribution is 2.34. The average Bonchev–Trinajstić information content (AvgIpc) is 3.06. The van der Waals surface area contributed by atoms with Crippen LogP contribution in [0.2, 0.25) is 0 Å². The number of rotatable bonds is 11. The van der Waals surface area contributed by atoms with Gasteiger partial charge in [-0.05, 0) is 48.0 Å². The molecule has 5 rings (SSSR count). The fraction of sp³-hybridized carbons (Fsp3) is 0.212. The van der Waals surface area contributed by atoms with Crippen molar-refractivity contribution in [3.63, 3.8) is 0 Å². The summed E-state index contributed by atoms with van der Waals surface area (Å²) in [5, 5.41) is 2.57. The molecule has 234 valence electrons. The number of hydrogen-bond donors (Lipinski definition) is 1. The predicted molar refractivity (Wildman–Crippen MR) is 163 cm³/mol. The van der Waals surface area contributed by atoms with Crippen molar-refractivity contribution in [2.75, 3.05) is 31.1 Å². The van der Waals surface area contributed by atoms with Crippen molar-refractivity contribution in [3.8, 4) is 11.5 Å². The second-order valence-corrected chi connectivity index (χ2v) is 12.1. The van der Waals surface area contributed by atoms with Crippen LogP contribution in [0.1, 0.15) is 11.1 Å². The summed E-state index contributed by atoms with van der Waals surface area (Å²) in [4.78, 5) is 28.5. The van der Waals surface area contributed by atoms with Gasteiger partial charge in [0.25, 0.3) is 10.0 Å². The molecule has 4 aromatic carbocycles. The van der Waals surface area contributed by atoms with Gasteiger partial charge >= 0.3 is 0 Å². The lowest BCUT2D eigenvalue weighted by Gasteiger charge is -2.33. The Kier molecular flexibility index (Phi) is 9.62. The van der Waals surface area contributed by atoms with E-state index in [1.54, 1.807) is 30.3 Å². The normalized spacial score (nSPS) is 13.0. The number of carbonyl (C=O) groups excluding carboxylic acids is 2. The smallest absolute Gasteiger partial charge is 0.264 e. The first-order valence-electron chi connectivity index (χ1n) is 14.1. The van der Waals surface area contributed by atoms with Gasteiger partial charge in [0.05, 0.1) is 10.6 Å². The molecule has 4 aromatic rings. The van der Waals surface area contributed by atoms with Crippen LogP contribution in [0.15, 0.2) is 102 Å². The number of halogens is 2. The van der Waals surface area contributed by atoms with E-state index in [0.717, 1.165) is 22.0 Å². The number of likely N-dealkylation sites (N-methyl/N-ethyl adjacent to an activating group) is 1. The van der Waals surface area contributed by atoms with Gasteiger partial charge in [0, 0.05) is 31.6 Å². The molecule has 1 heterocycles. The minimum atomic E-state index is -4.47. The molecule has 0 bridgehead atoms. The minimum Gasteiger partial charge on any atom is -0.486 e. The van der Waals surface area contributed by atoms with Crippen molar-refractivity contribution in [1.29, 1.82) is 0 Å². The van der Waals surface area contributed by atoms with Gasteiger partial charge in [-0.1, -0.05) is 48.5 Å². The number of benzene rings is 4. The van der Waals surface area contributed by atoms with Crippen molar-refractivity contribution in [1.82, 2.24) is 10.2 Å². The van der Waals surface area contributed by atoms with Gasteiger partial charge in [0.15, 0.2) is 11.5 Å². The molecule has 1 N–H and O–H groups in total. The van der Waals surface area contributed by atoms with E-state index >= 15 is 0 Å². The lowest BCUT2D eigenvalue weighted by molar-refractivity contribution is -0.139. The summed E-state index contributed by atoms with van der Waals surface area (Å²) < 4.78 is 69.0. The third-order valence-corrected chi connectivity index (χ3v) is 9.08. The molecule has 0 fully saturated rings. The van der Waals surface area contributed by atoms with Crippen LogP contribution in [0, 0.1) is 11.6 Å². The molecule has 2 amide bonds. The molecule has 9 nitrogen and oxygen atoms in total. The molecule has 0 aliphatic carbocycles. The van der Waals surface area contributed by atoms with Crippen molar-refractivity contribution < 1.29 is 36.3 Å². The fourth-order valence-electron chi connectivity index (χ4n) is 4.98. The molecule has 0 saturated heterocycles. The topological polar surface area (TPSA) is 105 Å². The summed E-state index contributed by atoms with van der Waals surface area (Å²) >= 11 is 0. The molecule has 0 spiro atoms. The highest BCUT2D eigenvalue weighted by molar-refractivity contribution is 7.92. The highest BCUT2D eigenvalue weighted by atomic mass is 32.2. The summed E-state index contributed by atoms with van der Waals surface area (Å²) in [6.07, 6.45) is 0.0756. The highest BCUT2D eigenvalue weighted by Gasteiger charge is 2.35. The SMILES string of the molecule is CNC(=O)[C@@H](Cc1ccccc1)N(Cc1ccccc1F)C(=O)CN(c1ccc(F)cc1)S(=O)(=O)c1ccc2c(c1)OCCO2. The van der Waals surface area contributed by atoms with E-state index in [1.807, 2.05) is 6.07 Å². The van der Waals surface area contributed by atoms with Gasteiger partial charge in [-0.2, -0.15) is 0 Å². The number of sulfonamides is 1. The first-order chi connectivity index (χ1) is 21.7. The molecular weight excluding hydrogens is 604 g/mol. The fourth-order valence-corrected chi connectivity index (χ4v) is 6.41. The van der Waals surface area contributed by atoms with Crippen LogP contribution in [0.5, 0.6) is 11.5 Å². The maximum Gasteiger partial charge on any atom is 0.264 e. The van der Waals surface area contributed by atoms with Crippen LogP contribution in [-0.4, -0.2) is 58.0 Å². The van der Waals surface area contributed by atoms with E-state index in [9.17, 15) is 26.8 Å². The van der Waals surface area contributed by atoms with Crippen LogP contribution >= 0.6 is 0 Å². The van der Waals surface area contributed by atoms with Crippen LogP contribution < -0.4 is 19.1 Å². The van der Waals surface area contributed by atoms with Crippen LogP contribution in [0.25, 0.3) is 0 Å². The average molecular weight is 636 g/mol. The number of anilines is 1. The van der Waals surface area contributed by atoms with Gasteiger partial charge < -0.3 is 19.7 Å². The van der Waals surface area contributed by atoms with Gasteiger partial charge in [-0.3, -0.25) is 13.9 Å². The van der Waals surface area contributed by atoms with Crippen molar-refractivity contribution >= 4 is 27.5 Å². The zero-order valence-corrected chi connectivity index (χ0v) is 25.2. The molecular formula is C33H31F2N3O6S. The third kappa shape index (κ3) is 7.23. The summed E-state index contributed by atoms with van der Waals surface area (Å²) in [7, 11) is -3.05. The molecule has 12 heteroatoms. The number of nitrogens with zero attached hydrogens (tertiary/aromatic N) is 2. The Morgan fingerprint density at radius 2 is 1.53 bits per heavy atom. The molecule has 0 saturated carbocycles. The first kappa shape index (κ1) is 31.5. The van der Waals surface area contributed by atoms with E-state index in [-0.39, 0.29) is 41.5 Å². The largest absolute Gasteiger partial charge is 0.486 e. The Morgan fingerprint density at radius 3 is 2.22 bits per heavy atom. The number of hydrogen-bond acceptors (Lipinski definition) is 6. The molecule has 45 heavy (non-hydrogen) atoms. The van der Waals surface area contributed by atoms with Crippen LogP contribution in [0.4, 0.5) is 14.5 Å². The molecule has 1 atom stereocenters. The van der Waals surface area contributed by atoms with Gasteiger partial charge in [-0.25, -0.2) is 17.2 Å². The number of nitrogens with one attached hydrogen (secondary N) is 1. The summed E-state index contributed by atoms with van der Waals surface area (Å²) in [6, 6.07) is 22.4. The Hall–Kier alpha value is -4.97. The van der Waals surface area contributed by atoms with E-state index in [1.165, 1.54) is 60.5 Å². The van der Waals surface area contributed by atoms with E-state index in [2.05, 4.69) is 5.32 Å². The summed E-state index contributed by atoms with van der Waals surface area (Å²) in [5.74, 6) is -1.92. The monoisotopic (exact) mass is 635 g/mol. The zero-order chi connectivity index (χ0) is 32.0. The van der Waals surface area contributed by atoms with E-state index < -0.39 is 46.1 Å². The Morgan fingerprint density at radius 1 is 0.867 bits per heavy atom. The molecule has 0 aromatic heterocycles. The molecule has 1 aliphatic heterocycles. The lowest BCUT2D eigenvalue weighted by atomic mass is 10.0. The standard InChI is InChI=1S/C33H31F2N3O6S/c1-36-33(40)29(19-23-7-3-2-4-8-23)37(21-24-9-5-6-10-28(24)35)32(39)22-38(26-13-11-25(34)12-14-26)45(41,42)27-15-16-30-31(20-27)44-18-17-43-30/h2-16,20,29H,17-19,21-22H2,1H3,(H,36,40)/t29-/m1/s1. The zero-order valence-electron chi connectivity index (χ0n) is 24.4. The van der Waals surface area contributed by atoms with Crippen molar-refractivity contribution in [2.24, 2.45) is 0 Å². The Bertz CT molecular complexity index is 1770. The van der Waals surface area contributed by atoms with Gasteiger partial charge in [0.2, 0.25) is 11.8 Å². The maximum absolute atomic E-state index is 14.9. The van der Waals surface area contributed by atoms with E-state index in [0.29, 0.717) is 12.4 Å². The second kappa shape index (κ2) is 13.8.